The van der Waals surface area contributed by atoms with Gasteiger partial charge in [0.1, 0.15) is 0 Å². The molecule has 0 radical (unpaired) electrons. The number of esters is 1. The van der Waals surface area contributed by atoms with Crippen molar-refractivity contribution in [3.63, 3.8) is 0 Å². The van der Waals surface area contributed by atoms with E-state index in [4.69, 9.17) is 4.74 Å². The Balaban J connectivity index is 2.03. The predicted molar refractivity (Wildman–Crippen MR) is 116 cm³/mol. The number of aromatic nitrogens is 1. The molecule has 0 amide bonds. The average molecular weight is 410 g/mol. The molecule has 5 heteroatoms. The van der Waals surface area contributed by atoms with E-state index < -0.39 is 11.8 Å². The van der Waals surface area contributed by atoms with Gasteiger partial charge in [0.15, 0.2) is 17.3 Å². The van der Waals surface area contributed by atoms with E-state index in [-0.39, 0.29) is 23.6 Å². The molecular weight excluding hydrogens is 369 g/mol. The molecule has 1 aromatic heterocycles. The highest BCUT2D eigenvalue weighted by molar-refractivity contribution is 5.99. The Hall–Kier alpha value is -1.65. The molecule has 0 spiro atoms. The Morgan fingerprint density at radius 1 is 0.828 bits per heavy atom. The number of hydrogen-bond acceptors (Lipinski definition) is 3. The smallest absolute Gasteiger partial charge is 0.357 e. The van der Waals surface area contributed by atoms with Crippen LogP contribution in [0.2, 0.25) is 0 Å². The van der Waals surface area contributed by atoms with Crippen LogP contribution in [0.4, 0.5) is 4.39 Å². The highest BCUT2D eigenvalue weighted by atomic mass is 19.1. The number of nitrogens with one attached hydrogen (secondary N) is 1. The molecule has 0 atom stereocenters. The predicted octanol–water partition coefficient (Wildman–Crippen LogP) is 7.38. The number of halogens is 1. The van der Waals surface area contributed by atoms with Crippen molar-refractivity contribution in [3.8, 4) is 0 Å². The second kappa shape index (κ2) is 16.2. The zero-order chi connectivity index (χ0) is 21.3. The molecule has 0 aliphatic rings. The van der Waals surface area contributed by atoms with E-state index in [0.717, 1.165) is 19.3 Å². The quantitative estimate of drug-likeness (QED) is 0.156. The van der Waals surface area contributed by atoms with Gasteiger partial charge in [-0.3, -0.25) is 4.79 Å². The number of ether oxygens (including phenoxy) is 1. The van der Waals surface area contributed by atoms with E-state index in [1.807, 2.05) is 0 Å². The van der Waals surface area contributed by atoms with Gasteiger partial charge >= 0.3 is 5.97 Å². The number of hydrogen-bond donors (Lipinski definition) is 1. The van der Waals surface area contributed by atoms with Crippen LogP contribution in [-0.2, 0) is 4.74 Å². The lowest BCUT2D eigenvalue weighted by Gasteiger charge is -2.03. The van der Waals surface area contributed by atoms with Crippen molar-refractivity contribution in [2.45, 2.75) is 110 Å². The molecule has 1 rings (SSSR count). The standard InChI is InChI=1S/C24H40FNO3/c1-3-5-6-7-8-9-10-11-12-13-14-15-16-17-18-21(27)20-19-26-23(22(20)25)24(28)29-4-2/h19,26H,3-18H2,1-2H3. The summed E-state index contributed by atoms with van der Waals surface area (Å²) in [5.74, 6) is -1.81. The van der Waals surface area contributed by atoms with Crippen LogP contribution in [0, 0.1) is 5.82 Å². The fraction of sp³-hybridized carbons (Fsp3) is 0.750. The molecule has 0 aliphatic carbocycles. The minimum absolute atomic E-state index is 0.0391. The Labute approximate surface area is 176 Å². The first-order valence-electron chi connectivity index (χ1n) is 11.7. The van der Waals surface area contributed by atoms with Gasteiger partial charge in [-0.2, -0.15) is 0 Å². The summed E-state index contributed by atoms with van der Waals surface area (Å²) in [6, 6.07) is 0. The maximum Gasteiger partial charge on any atom is 0.357 e. The monoisotopic (exact) mass is 409 g/mol. The minimum Gasteiger partial charge on any atom is -0.461 e. The van der Waals surface area contributed by atoms with Gasteiger partial charge in [-0.1, -0.05) is 90.4 Å². The molecule has 29 heavy (non-hydrogen) atoms. The third kappa shape index (κ3) is 10.6. The van der Waals surface area contributed by atoms with Crippen LogP contribution in [0.15, 0.2) is 6.20 Å². The van der Waals surface area contributed by atoms with Crippen LogP contribution in [0.3, 0.4) is 0 Å². The number of rotatable bonds is 18. The summed E-state index contributed by atoms with van der Waals surface area (Å²) in [6.07, 6.45) is 19.1. The fourth-order valence-electron chi connectivity index (χ4n) is 3.58. The zero-order valence-corrected chi connectivity index (χ0v) is 18.5. The second-order valence-electron chi connectivity index (χ2n) is 7.88. The van der Waals surface area contributed by atoms with Crippen LogP contribution in [0.1, 0.15) is 131 Å². The third-order valence-corrected chi connectivity index (χ3v) is 5.35. The van der Waals surface area contributed by atoms with Crippen LogP contribution < -0.4 is 0 Å². The van der Waals surface area contributed by atoms with Crippen molar-refractivity contribution in [1.29, 1.82) is 0 Å². The summed E-state index contributed by atoms with van der Waals surface area (Å²) >= 11 is 0. The van der Waals surface area contributed by atoms with E-state index >= 15 is 0 Å². The molecular formula is C24H40FNO3. The summed E-state index contributed by atoms with van der Waals surface area (Å²) in [7, 11) is 0. The zero-order valence-electron chi connectivity index (χ0n) is 18.5. The molecule has 4 nitrogen and oxygen atoms in total. The van der Waals surface area contributed by atoms with Crippen LogP contribution >= 0.6 is 0 Å². The molecule has 0 aromatic carbocycles. The van der Waals surface area contributed by atoms with Crippen molar-refractivity contribution in [2.24, 2.45) is 0 Å². The van der Waals surface area contributed by atoms with Gasteiger partial charge in [0.05, 0.1) is 12.2 Å². The maximum atomic E-state index is 14.2. The Morgan fingerprint density at radius 2 is 1.31 bits per heavy atom. The summed E-state index contributed by atoms with van der Waals surface area (Å²) in [6.45, 7) is 4.07. The molecule has 0 unspecified atom stereocenters. The van der Waals surface area contributed by atoms with Gasteiger partial charge < -0.3 is 9.72 Å². The number of unbranched alkanes of at least 4 members (excludes halogenated alkanes) is 13. The van der Waals surface area contributed by atoms with Crippen molar-refractivity contribution >= 4 is 11.8 Å². The molecule has 1 aromatic rings. The number of carbonyl (C=O) groups is 2. The Bertz CT molecular complexity index is 583. The van der Waals surface area contributed by atoms with E-state index in [9.17, 15) is 14.0 Å². The highest BCUT2D eigenvalue weighted by Gasteiger charge is 2.22. The first kappa shape index (κ1) is 25.4. The van der Waals surface area contributed by atoms with Crippen molar-refractivity contribution in [3.05, 3.63) is 23.3 Å². The second-order valence-corrected chi connectivity index (χ2v) is 7.88. The molecule has 0 saturated carbocycles. The lowest BCUT2D eigenvalue weighted by atomic mass is 10.0. The molecule has 0 saturated heterocycles. The molecule has 0 aliphatic heterocycles. The Kier molecular flexibility index (Phi) is 14.2. The summed E-state index contributed by atoms with van der Waals surface area (Å²) in [5.41, 5.74) is -0.307. The number of carbonyl (C=O) groups excluding carboxylic acids is 2. The first-order chi connectivity index (χ1) is 14.1. The van der Waals surface area contributed by atoms with Gasteiger partial charge in [-0.15, -0.1) is 0 Å². The summed E-state index contributed by atoms with van der Waals surface area (Å²) < 4.78 is 19.0. The van der Waals surface area contributed by atoms with Crippen LogP contribution in [-0.4, -0.2) is 23.3 Å². The van der Waals surface area contributed by atoms with Gasteiger partial charge in [-0.05, 0) is 13.3 Å². The van der Waals surface area contributed by atoms with E-state index in [2.05, 4.69) is 11.9 Å². The molecule has 0 bridgehead atoms. The lowest BCUT2D eigenvalue weighted by molar-refractivity contribution is 0.0515. The summed E-state index contributed by atoms with van der Waals surface area (Å²) in [4.78, 5) is 26.3. The average Bonchev–Trinajstić information content (AvgIpc) is 3.10. The number of H-pyrrole nitrogens is 1. The SMILES string of the molecule is CCCCCCCCCCCCCCCCC(=O)c1c[nH]c(C(=O)OCC)c1F. The number of ketones is 1. The van der Waals surface area contributed by atoms with Crippen LogP contribution in [0.25, 0.3) is 0 Å². The number of Topliss-reactive ketones (excluding diaryl/α,β-unsaturated/α-hetero) is 1. The van der Waals surface area contributed by atoms with E-state index in [1.54, 1.807) is 6.92 Å². The van der Waals surface area contributed by atoms with Gasteiger partial charge in [0, 0.05) is 12.6 Å². The normalized spacial score (nSPS) is 11.0. The largest absolute Gasteiger partial charge is 0.461 e. The van der Waals surface area contributed by atoms with E-state index in [0.29, 0.717) is 6.42 Å². The molecule has 1 N–H and O–H groups in total. The summed E-state index contributed by atoms with van der Waals surface area (Å²) in [5, 5.41) is 0. The number of aromatic amines is 1. The van der Waals surface area contributed by atoms with Crippen molar-refractivity contribution in [2.75, 3.05) is 6.61 Å². The molecule has 1 heterocycles. The first-order valence-corrected chi connectivity index (χ1v) is 11.7. The lowest BCUT2D eigenvalue weighted by Crippen LogP contribution is -2.08. The van der Waals surface area contributed by atoms with Gasteiger partial charge in [-0.25, -0.2) is 9.18 Å². The third-order valence-electron chi connectivity index (χ3n) is 5.35. The Morgan fingerprint density at radius 3 is 1.79 bits per heavy atom. The minimum atomic E-state index is -0.793. The van der Waals surface area contributed by atoms with E-state index in [1.165, 1.54) is 76.8 Å². The van der Waals surface area contributed by atoms with Gasteiger partial charge in [0.2, 0.25) is 0 Å². The van der Waals surface area contributed by atoms with Crippen molar-refractivity contribution in [1.82, 2.24) is 4.98 Å². The molecule has 166 valence electrons. The van der Waals surface area contributed by atoms with Gasteiger partial charge in [0.25, 0.3) is 0 Å². The van der Waals surface area contributed by atoms with Crippen molar-refractivity contribution < 1.29 is 18.7 Å². The maximum absolute atomic E-state index is 14.2. The fourth-order valence-corrected chi connectivity index (χ4v) is 3.58. The van der Waals surface area contributed by atoms with Crippen LogP contribution in [0.5, 0.6) is 0 Å². The molecule has 0 fully saturated rings. The highest BCUT2D eigenvalue weighted by Crippen LogP contribution is 2.18. The topological polar surface area (TPSA) is 59.2 Å².